The minimum atomic E-state index is -2.94. The van der Waals surface area contributed by atoms with Gasteiger partial charge in [-0.1, -0.05) is 0 Å². The molecule has 1 aromatic heterocycles. The summed E-state index contributed by atoms with van der Waals surface area (Å²) < 4.78 is 34.9. The van der Waals surface area contributed by atoms with Crippen LogP contribution in [-0.4, -0.2) is 80.3 Å². The maximum Gasteiger partial charge on any atom is 0.247 e. The van der Waals surface area contributed by atoms with Crippen molar-refractivity contribution in [1.82, 2.24) is 15.2 Å². The fraction of sp³-hybridized carbons (Fsp3) is 0.800. The molecule has 0 saturated carbocycles. The van der Waals surface area contributed by atoms with Gasteiger partial charge in [-0.05, 0) is 6.42 Å². The summed E-state index contributed by atoms with van der Waals surface area (Å²) in [4.78, 5) is 8.58. The topological polar surface area (TPSA) is 97.8 Å². The second kappa shape index (κ2) is 6.33. The van der Waals surface area contributed by atoms with E-state index in [1.165, 1.54) is 0 Å². The van der Waals surface area contributed by atoms with Crippen molar-refractivity contribution in [1.29, 1.82) is 0 Å². The molecule has 0 amide bonds. The fourth-order valence-corrected chi connectivity index (χ4v) is 5.47. The minimum Gasteiger partial charge on any atom is -0.354 e. The van der Waals surface area contributed by atoms with Gasteiger partial charge in [0.25, 0.3) is 0 Å². The Morgan fingerprint density at radius 1 is 1.28 bits per heavy atom. The van der Waals surface area contributed by atoms with E-state index in [4.69, 9.17) is 9.47 Å². The van der Waals surface area contributed by atoms with E-state index in [9.17, 15) is 8.42 Å². The molecule has 1 unspecified atom stereocenters. The van der Waals surface area contributed by atoms with Crippen LogP contribution in [0.5, 0.6) is 0 Å². The predicted octanol–water partition coefficient (Wildman–Crippen LogP) is -0.162. The SMILES string of the molecule is CN(c1cnnc(N2CCC3(CC2)OCCO3)n1)C1CCS(=O)(=O)C1. The van der Waals surface area contributed by atoms with Crippen LogP contribution in [0.15, 0.2) is 6.20 Å². The van der Waals surface area contributed by atoms with Crippen LogP contribution in [0.4, 0.5) is 11.8 Å². The third-order valence-corrected chi connectivity index (χ3v) is 7.02. The molecule has 25 heavy (non-hydrogen) atoms. The first kappa shape index (κ1) is 16.9. The number of rotatable bonds is 3. The number of sulfone groups is 1. The average Bonchev–Trinajstić information content (AvgIpc) is 3.21. The second-order valence-corrected chi connectivity index (χ2v) is 9.11. The number of anilines is 2. The Balaban J connectivity index is 1.45. The quantitative estimate of drug-likeness (QED) is 0.719. The van der Waals surface area contributed by atoms with Gasteiger partial charge in [-0.3, -0.25) is 0 Å². The van der Waals surface area contributed by atoms with E-state index < -0.39 is 15.6 Å². The summed E-state index contributed by atoms with van der Waals surface area (Å²) in [6, 6.07) is -0.0561. The molecule has 0 aliphatic carbocycles. The molecule has 138 valence electrons. The summed E-state index contributed by atoms with van der Waals surface area (Å²) in [5, 5.41) is 8.22. The molecule has 3 aliphatic rings. The Hall–Kier alpha value is -1.52. The lowest BCUT2D eigenvalue weighted by Gasteiger charge is -2.37. The molecular formula is C15H23N5O4S. The minimum absolute atomic E-state index is 0.0561. The molecule has 3 saturated heterocycles. The molecule has 4 heterocycles. The number of ether oxygens (including phenoxy) is 2. The van der Waals surface area contributed by atoms with Crippen molar-refractivity contribution >= 4 is 21.6 Å². The van der Waals surface area contributed by atoms with E-state index in [0.717, 1.165) is 25.9 Å². The van der Waals surface area contributed by atoms with Gasteiger partial charge >= 0.3 is 0 Å². The highest BCUT2D eigenvalue weighted by molar-refractivity contribution is 7.91. The molecule has 1 spiro atoms. The smallest absolute Gasteiger partial charge is 0.247 e. The lowest BCUT2D eigenvalue weighted by Crippen LogP contribution is -2.46. The van der Waals surface area contributed by atoms with E-state index in [-0.39, 0.29) is 17.5 Å². The monoisotopic (exact) mass is 369 g/mol. The highest BCUT2D eigenvalue weighted by atomic mass is 32.2. The van der Waals surface area contributed by atoms with Gasteiger partial charge in [-0.15, -0.1) is 5.10 Å². The summed E-state index contributed by atoms with van der Waals surface area (Å²) in [5.41, 5.74) is 0. The molecule has 10 heteroatoms. The Morgan fingerprint density at radius 3 is 2.64 bits per heavy atom. The number of aromatic nitrogens is 3. The number of hydrogen-bond donors (Lipinski definition) is 0. The summed E-state index contributed by atoms with van der Waals surface area (Å²) in [5.74, 6) is 1.20. The molecule has 0 N–H and O–H groups in total. The van der Waals surface area contributed by atoms with E-state index in [1.807, 2.05) is 11.9 Å². The van der Waals surface area contributed by atoms with Gasteiger partial charge in [0.2, 0.25) is 5.95 Å². The van der Waals surface area contributed by atoms with Crippen LogP contribution in [0, 0.1) is 0 Å². The van der Waals surface area contributed by atoms with Crippen LogP contribution >= 0.6 is 0 Å². The molecule has 3 aliphatic heterocycles. The number of nitrogens with zero attached hydrogens (tertiary/aromatic N) is 5. The van der Waals surface area contributed by atoms with Gasteiger partial charge < -0.3 is 19.3 Å². The largest absolute Gasteiger partial charge is 0.354 e. The molecule has 0 bridgehead atoms. The Kier molecular flexibility index (Phi) is 4.28. The second-order valence-electron chi connectivity index (χ2n) is 6.88. The van der Waals surface area contributed by atoms with Crippen LogP contribution in [-0.2, 0) is 19.3 Å². The first-order valence-corrected chi connectivity index (χ1v) is 10.4. The van der Waals surface area contributed by atoms with Crippen molar-refractivity contribution in [2.75, 3.05) is 54.7 Å². The molecule has 9 nitrogen and oxygen atoms in total. The van der Waals surface area contributed by atoms with Crippen molar-refractivity contribution in [2.45, 2.75) is 31.1 Å². The third kappa shape index (κ3) is 3.42. The van der Waals surface area contributed by atoms with E-state index in [1.54, 1.807) is 6.20 Å². The lowest BCUT2D eigenvalue weighted by atomic mass is 10.0. The van der Waals surface area contributed by atoms with Gasteiger partial charge in [0, 0.05) is 39.0 Å². The molecule has 3 fully saturated rings. The van der Waals surface area contributed by atoms with Crippen molar-refractivity contribution in [2.24, 2.45) is 0 Å². The molecular weight excluding hydrogens is 346 g/mol. The number of piperidine rings is 1. The third-order valence-electron chi connectivity index (χ3n) is 5.27. The molecule has 0 radical (unpaired) electrons. The van der Waals surface area contributed by atoms with Gasteiger partial charge in [0.15, 0.2) is 21.4 Å². The summed E-state index contributed by atoms with van der Waals surface area (Å²) in [6.07, 6.45) is 3.76. The molecule has 1 atom stereocenters. The predicted molar refractivity (Wildman–Crippen MR) is 91.4 cm³/mol. The van der Waals surface area contributed by atoms with E-state index in [0.29, 0.717) is 31.4 Å². The summed E-state index contributed by atoms with van der Waals surface area (Å²) in [7, 11) is -1.07. The Morgan fingerprint density at radius 2 is 2.00 bits per heavy atom. The zero-order valence-electron chi connectivity index (χ0n) is 14.3. The van der Waals surface area contributed by atoms with Crippen molar-refractivity contribution in [3.05, 3.63) is 6.20 Å². The fourth-order valence-electron chi connectivity index (χ4n) is 3.69. The van der Waals surface area contributed by atoms with Gasteiger partial charge in [-0.2, -0.15) is 10.1 Å². The first-order chi connectivity index (χ1) is 12.0. The van der Waals surface area contributed by atoms with Crippen molar-refractivity contribution in [3.8, 4) is 0 Å². The van der Waals surface area contributed by atoms with Crippen LogP contribution in [0.1, 0.15) is 19.3 Å². The zero-order valence-corrected chi connectivity index (χ0v) is 15.1. The summed E-state index contributed by atoms with van der Waals surface area (Å²) in [6.45, 7) is 2.80. The normalized spacial score (nSPS) is 27.7. The van der Waals surface area contributed by atoms with Gasteiger partial charge in [0.05, 0.1) is 30.9 Å². The van der Waals surface area contributed by atoms with Crippen LogP contribution in [0.2, 0.25) is 0 Å². The van der Waals surface area contributed by atoms with Crippen LogP contribution < -0.4 is 9.80 Å². The highest BCUT2D eigenvalue weighted by Crippen LogP contribution is 2.32. The van der Waals surface area contributed by atoms with Crippen LogP contribution in [0.3, 0.4) is 0 Å². The Bertz CT molecular complexity index is 727. The Labute approximate surface area is 147 Å². The van der Waals surface area contributed by atoms with Gasteiger partial charge in [0.1, 0.15) is 0 Å². The van der Waals surface area contributed by atoms with E-state index >= 15 is 0 Å². The molecule has 0 aromatic carbocycles. The maximum absolute atomic E-state index is 11.7. The summed E-state index contributed by atoms with van der Waals surface area (Å²) >= 11 is 0. The standard InChI is InChI=1S/C15H23N5O4S/c1-19(12-2-9-25(21,22)11-12)13-10-16-18-14(17-13)20-5-3-15(4-6-20)23-7-8-24-15/h10,12H,2-9,11H2,1H3. The lowest BCUT2D eigenvalue weighted by molar-refractivity contribution is -0.169. The average molecular weight is 369 g/mol. The molecule has 4 rings (SSSR count). The van der Waals surface area contributed by atoms with Gasteiger partial charge in [-0.25, -0.2) is 8.42 Å². The zero-order chi connectivity index (χ0) is 17.5. The molecule has 1 aromatic rings. The highest BCUT2D eigenvalue weighted by Gasteiger charge is 2.40. The number of hydrogen-bond acceptors (Lipinski definition) is 9. The first-order valence-electron chi connectivity index (χ1n) is 8.62. The van der Waals surface area contributed by atoms with Crippen molar-refractivity contribution in [3.63, 3.8) is 0 Å². The van der Waals surface area contributed by atoms with E-state index in [2.05, 4.69) is 20.1 Å². The van der Waals surface area contributed by atoms with Crippen molar-refractivity contribution < 1.29 is 17.9 Å². The van der Waals surface area contributed by atoms with Crippen LogP contribution in [0.25, 0.3) is 0 Å². The maximum atomic E-state index is 11.7.